The molecule has 1 aliphatic heterocycles. The topological polar surface area (TPSA) is 78.3 Å². The fourth-order valence-corrected chi connectivity index (χ4v) is 3.50. The first-order valence-electron chi connectivity index (χ1n) is 10.1. The molecule has 0 saturated carbocycles. The summed E-state index contributed by atoms with van der Waals surface area (Å²) in [6.45, 7) is 0. The van der Waals surface area contributed by atoms with Gasteiger partial charge in [-0.15, -0.1) is 8.78 Å². The van der Waals surface area contributed by atoms with Crippen molar-refractivity contribution < 1.29 is 40.6 Å². The van der Waals surface area contributed by atoms with Crippen LogP contribution in [0.4, 0.5) is 32.0 Å². The number of hydrogen-bond acceptors (Lipinski definition) is 5. The molecule has 36 heavy (non-hydrogen) atoms. The first-order valence-corrected chi connectivity index (χ1v) is 10.1. The summed E-state index contributed by atoms with van der Waals surface area (Å²) in [6, 6.07) is 10.3. The Kier molecular flexibility index (Phi) is 5.34. The van der Waals surface area contributed by atoms with E-state index in [9.17, 15) is 31.1 Å². The van der Waals surface area contributed by atoms with Gasteiger partial charge in [0.1, 0.15) is 5.82 Å². The second-order valence-corrected chi connectivity index (χ2v) is 7.51. The van der Waals surface area contributed by atoms with Gasteiger partial charge in [-0.2, -0.15) is 18.3 Å². The summed E-state index contributed by atoms with van der Waals surface area (Å²) in [5.74, 6) is -2.80. The molecule has 0 atom stereocenters. The van der Waals surface area contributed by atoms with Crippen molar-refractivity contribution in [2.75, 3.05) is 5.32 Å². The lowest BCUT2D eigenvalue weighted by Gasteiger charge is -2.11. The smallest absolute Gasteiger partial charge is 0.395 e. The predicted octanol–water partition coefficient (Wildman–Crippen LogP) is 5.67. The quantitative estimate of drug-likeness (QED) is 0.361. The number of ether oxygens (including phenoxy) is 2. The van der Waals surface area contributed by atoms with Gasteiger partial charge in [0, 0.05) is 35.8 Å². The van der Waals surface area contributed by atoms with Gasteiger partial charge in [-0.25, -0.2) is 9.07 Å². The zero-order valence-electron chi connectivity index (χ0n) is 17.7. The molecular formula is C23H12F6N4O3. The predicted molar refractivity (Wildman–Crippen MR) is 112 cm³/mol. The molecule has 3 heterocycles. The summed E-state index contributed by atoms with van der Waals surface area (Å²) in [5.41, 5.74) is -0.883. The van der Waals surface area contributed by atoms with Gasteiger partial charge in [-0.3, -0.25) is 9.78 Å². The van der Waals surface area contributed by atoms with Gasteiger partial charge in [0.05, 0.1) is 16.9 Å². The second-order valence-electron chi connectivity index (χ2n) is 7.51. The number of pyridine rings is 1. The highest BCUT2D eigenvalue weighted by Gasteiger charge is 2.43. The summed E-state index contributed by atoms with van der Waals surface area (Å²) in [4.78, 5) is 16.8. The number of nitrogens with zero attached hydrogens (tertiary/aromatic N) is 3. The number of carbonyl (C=O) groups excluding carboxylic acids is 1. The number of carbonyl (C=O) groups is 1. The molecule has 13 heteroatoms. The molecule has 0 saturated heterocycles. The number of benzene rings is 2. The van der Waals surface area contributed by atoms with Crippen LogP contribution >= 0.6 is 0 Å². The third-order valence-corrected chi connectivity index (χ3v) is 5.08. The van der Waals surface area contributed by atoms with Crippen molar-refractivity contribution in [3.05, 3.63) is 84.1 Å². The molecule has 0 fully saturated rings. The molecule has 0 spiro atoms. The van der Waals surface area contributed by atoms with Crippen molar-refractivity contribution in [3.63, 3.8) is 0 Å². The number of hydrogen-bond donors (Lipinski definition) is 1. The number of anilines is 1. The van der Waals surface area contributed by atoms with Crippen molar-refractivity contribution in [2.45, 2.75) is 12.5 Å². The van der Waals surface area contributed by atoms with Crippen molar-refractivity contribution in [2.24, 2.45) is 0 Å². The number of halogens is 6. The molecular weight excluding hydrogens is 494 g/mol. The third kappa shape index (κ3) is 4.42. The molecule has 5 rings (SSSR count). The lowest BCUT2D eigenvalue weighted by atomic mass is 10.1. The van der Waals surface area contributed by atoms with Crippen LogP contribution < -0.4 is 14.8 Å². The highest BCUT2D eigenvalue weighted by molar-refractivity contribution is 6.03. The van der Waals surface area contributed by atoms with Gasteiger partial charge in [-0.1, -0.05) is 0 Å². The largest absolute Gasteiger partial charge is 0.586 e. The molecule has 2 aromatic heterocycles. The Balaban J connectivity index is 1.50. The van der Waals surface area contributed by atoms with E-state index in [-0.39, 0.29) is 34.3 Å². The summed E-state index contributed by atoms with van der Waals surface area (Å²) in [5, 5.41) is 6.61. The zero-order valence-corrected chi connectivity index (χ0v) is 17.7. The van der Waals surface area contributed by atoms with E-state index in [1.165, 1.54) is 30.6 Å². The Bertz CT molecular complexity index is 1470. The van der Waals surface area contributed by atoms with Crippen molar-refractivity contribution in [1.29, 1.82) is 0 Å². The molecule has 1 amide bonds. The Morgan fingerprint density at radius 1 is 0.944 bits per heavy atom. The maximum Gasteiger partial charge on any atom is 0.586 e. The molecule has 0 aliphatic carbocycles. The van der Waals surface area contributed by atoms with Crippen LogP contribution in [0.2, 0.25) is 0 Å². The number of nitrogens with one attached hydrogen (secondary N) is 1. The Hall–Kier alpha value is -4.55. The molecule has 2 aromatic carbocycles. The summed E-state index contributed by atoms with van der Waals surface area (Å²) >= 11 is 0. The van der Waals surface area contributed by atoms with Crippen LogP contribution in [0.3, 0.4) is 0 Å². The minimum absolute atomic E-state index is 0.0725. The van der Waals surface area contributed by atoms with E-state index >= 15 is 0 Å². The highest BCUT2D eigenvalue weighted by atomic mass is 19.4. The lowest BCUT2D eigenvalue weighted by Crippen LogP contribution is -2.25. The fraction of sp³-hybridized carbons (Fsp3) is 0.0870. The van der Waals surface area contributed by atoms with E-state index in [1.807, 2.05) is 0 Å². The summed E-state index contributed by atoms with van der Waals surface area (Å²) in [7, 11) is 0. The average molecular weight is 506 g/mol. The summed E-state index contributed by atoms with van der Waals surface area (Å²) < 4.78 is 89.5. The van der Waals surface area contributed by atoms with Crippen molar-refractivity contribution in [1.82, 2.24) is 14.8 Å². The Morgan fingerprint density at radius 2 is 1.67 bits per heavy atom. The van der Waals surface area contributed by atoms with Crippen molar-refractivity contribution in [3.8, 4) is 28.4 Å². The van der Waals surface area contributed by atoms with E-state index in [2.05, 4.69) is 24.9 Å². The molecule has 4 aromatic rings. The van der Waals surface area contributed by atoms with Crippen LogP contribution in [-0.4, -0.2) is 27.0 Å². The standard InChI is InChI=1S/C23H12F6N4O3/c24-16-10-14(2-3-15(16)22(25,26)27)33-18(12-5-7-30-8-6-12)11-17(32-33)21(34)31-13-1-4-19-20(9-13)36-23(28,29)35-19/h1-11H,(H,31,34). The molecule has 0 unspecified atom stereocenters. The first-order chi connectivity index (χ1) is 17.0. The molecule has 7 nitrogen and oxygen atoms in total. The third-order valence-electron chi connectivity index (χ3n) is 5.08. The van der Waals surface area contributed by atoms with Gasteiger partial charge < -0.3 is 14.8 Å². The number of fused-ring (bicyclic) bond motifs is 1. The maximum atomic E-state index is 14.3. The average Bonchev–Trinajstić information content (AvgIpc) is 3.38. The summed E-state index contributed by atoms with van der Waals surface area (Å²) in [6.07, 6.45) is -5.83. The van der Waals surface area contributed by atoms with Crippen LogP contribution in [0.25, 0.3) is 16.9 Å². The van der Waals surface area contributed by atoms with Gasteiger partial charge in [-0.05, 0) is 42.5 Å². The van der Waals surface area contributed by atoms with Crippen LogP contribution in [0.1, 0.15) is 16.1 Å². The van der Waals surface area contributed by atoms with E-state index in [4.69, 9.17) is 0 Å². The van der Waals surface area contributed by atoms with E-state index in [0.29, 0.717) is 17.7 Å². The van der Waals surface area contributed by atoms with E-state index < -0.39 is 29.8 Å². The van der Waals surface area contributed by atoms with Crippen LogP contribution in [0, 0.1) is 5.82 Å². The van der Waals surface area contributed by atoms with Gasteiger partial charge in [0.2, 0.25) is 0 Å². The second kappa shape index (κ2) is 8.29. The molecule has 1 N–H and O–H groups in total. The number of aromatic nitrogens is 3. The molecule has 1 aliphatic rings. The minimum Gasteiger partial charge on any atom is -0.395 e. The molecule has 0 radical (unpaired) electrons. The number of amides is 1. The Labute approximate surface area is 197 Å². The van der Waals surface area contributed by atoms with Crippen molar-refractivity contribution >= 4 is 11.6 Å². The van der Waals surface area contributed by atoms with Gasteiger partial charge in [0.25, 0.3) is 5.91 Å². The van der Waals surface area contributed by atoms with Crippen LogP contribution in [0.5, 0.6) is 11.5 Å². The van der Waals surface area contributed by atoms with Crippen LogP contribution in [-0.2, 0) is 6.18 Å². The van der Waals surface area contributed by atoms with Gasteiger partial charge in [0.15, 0.2) is 17.2 Å². The van der Waals surface area contributed by atoms with E-state index in [1.54, 1.807) is 12.1 Å². The first kappa shape index (κ1) is 23.2. The highest BCUT2D eigenvalue weighted by Crippen LogP contribution is 2.42. The number of alkyl halides is 5. The fourth-order valence-electron chi connectivity index (χ4n) is 3.50. The normalized spacial score (nSPS) is 14.1. The minimum atomic E-state index is -4.89. The maximum absolute atomic E-state index is 14.3. The molecule has 0 bridgehead atoms. The van der Waals surface area contributed by atoms with Gasteiger partial charge >= 0.3 is 12.5 Å². The zero-order chi connectivity index (χ0) is 25.7. The van der Waals surface area contributed by atoms with Crippen LogP contribution in [0.15, 0.2) is 67.0 Å². The monoisotopic (exact) mass is 506 g/mol. The number of rotatable bonds is 4. The SMILES string of the molecule is O=C(Nc1ccc2c(c1)OC(F)(F)O2)c1cc(-c2ccncc2)n(-c2ccc(C(F)(F)F)c(F)c2)n1. The lowest BCUT2D eigenvalue weighted by molar-refractivity contribution is -0.286. The Morgan fingerprint density at radius 3 is 2.36 bits per heavy atom. The molecule has 184 valence electrons. The van der Waals surface area contributed by atoms with E-state index in [0.717, 1.165) is 16.8 Å².